The van der Waals surface area contributed by atoms with Gasteiger partial charge in [-0.15, -0.1) is 0 Å². The van der Waals surface area contributed by atoms with Gasteiger partial charge in [-0.2, -0.15) is 0 Å². The van der Waals surface area contributed by atoms with E-state index >= 15 is 0 Å². The van der Waals surface area contributed by atoms with E-state index in [-0.39, 0.29) is 11.1 Å². The molecule has 0 bridgehead atoms. The van der Waals surface area contributed by atoms with E-state index in [9.17, 15) is 14.0 Å². The second-order valence-corrected chi connectivity index (χ2v) is 5.48. The molecule has 2 aromatic rings. The molecule has 2 amide bonds. The minimum Gasteiger partial charge on any atom is -0.365 e. The zero-order chi connectivity index (χ0) is 14.8. The molecule has 21 heavy (non-hydrogen) atoms. The lowest BCUT2D eigenvalue weighted by atomic mass is 10.3. The fourth-order valence-corrected chi connectivity index (χ4v) is 2.95. The van der Waals surface area contributed by atoms with Gasteiger partial charge in [0.25, 0.3) is 11.1 Å². The molecule has 4 nitrogen and oxygen atoms in total. The van der Waals surface area contributed by atoms with Crippen molar-refractivity contribution in [2.75, 3.05) is 10.2 Å². The van der Waals surface area contributed by atoms with Crippen molar-refractivity contribution in [2.24, 2.45) is 0 Å². The molecular weight excluding hydrogens is 291 g/mol. The van der Waals surface area contributed by atoms with E-state index in [1.807, 2.05) is 6.07 Å². The van der Waals surface area contributed by atoms with Gasteiger partial charge >= 0.3 is 0 Å². The van der Waals surface area contributed by atoms with Crippen LogP contribution in [0.2, 0.25) is 0 Å². The SMILES string of the molecule is O=C1SC(Nc2cccc(F)c2)C(=O)N1c1ccccc1. The normalized spacial score (nSPS) is 18.1. The van der Waals surface area contributed by atoms with Crippen LogP contribution in [0.25, 0.3) is 0 Å². The maximum atomic E-state index is 13.1. The second-order valence-electron chi connectivity index (χ2n) is 4.43. The standard InChI is InChI=1S/C15H11FN2O2S/c16-10-5-4-6-11(9-10)17-13-14(19)18(15(20)21-13)12-7-2-1-3-8-12/h1-9,13,17H. The van der Waals surface area contributed by atoms with Crippen molar-refractivity contribution in [3.63, 3.8) is 0 Å². The van der Waals surface area contributed by atoms with Crippen LogP contribution in [0.15, 0.2) is 54.6 Å². The first-order valence-corrected chi connectivity index (χ1v) is 7.15. The molecule has 0 aliphatic carbocycles. The average Bonchev–Trinajstić information content (AvgIpc) is 2.74. The molecule has 0 aromatic heterocycles. The Hall–Kier alpha value is -2.34. The van der Waals surface area contributed by atoms with E-state index in [0.29, 0.717) is 11.4 Å². The van der Waals surface area contributed by atoms with Crippen molar-refractivity contribution in [1.29, 1.82) is 0 Å². The molecule has 1 heterocycles. The zero-order valence-corrected chi connectivity index (χ0v) is 11.6. The second kappa shape index (κ2) is 5.57. The molecule has 3 rings (SSSR count). The van der Waals surface area contributed by atoms with Crippen LogP contribution in [-0.4, -0.2) is 16.5 Å². The molecule has 1 N–H and O–H groups in total. The Morgan fingerprint density at radius 3 is 2.52 bits per heavy atom. The smallest absolute Gasteiger partial charge is 0.295 e. The highest BCUT2D eigenvalue weighted by atomic mass is 32.2. The van der Waals surface area contributed by atoms with Gasteiger partial charge < -0.3 is 5.32 Å². The highest BCUT2D eigenvalue weighted by molar-refractivity contribution is 8.16. The van der Waals surface area contributed by atoms with Crippen molar-refractivity contribution in [2.45, 2.75) is 5.37 Å². The number of rotatable bonds is 3. The van der Waals surface area contributed by atoms with Gasteiger partial charge in [0, 0.05) is 5.69 Å². The number of nitrogens with one attached hydrogen (secondary N) is 1. The van der Waals surface area contributed by atoms with Gasteiger partial charge in [0.1, 0.15) is 5.82 Å². The van der Waals surface area contributed by atoms with Crippen molar-refractivity contribution in [3.05, 3.63) is 60.4 Å². The monoisotopic (exact) mass is 302 g/mol. The van der Waals surface area contributed by atoms with Gasteiger partial charge in [0.15, 0.2) is 5.37 Å². The fraction of sp³-hybridized carbons (Fsp3) is 0.0667. The minimum absolute atomic E-state index is 0.347. The van der Waals surface area contributed by atoms with Gasteiger partial charge in [0.05, 0.1) is 5.69 Å². The highest BCUT2D eigenvalue weighted by Gasteiger charge is 2.40. The summed E-state index contributed by atoms with van der Waals surface area (Å²) in [6.45, 7) is 0. The van der Waals surface area contributed by atoms with Crippen LogP contribution in [0.4, 0.5) is 20.6 Å². The van der Waals surface area contributed by atoms with Crippen LogP contribution >= 0.6 is 11.8 Å². The lowest BCUT2D eigenvalue weighted by molar-refractivity contribution is -0.116. The maximum Gasteiger partial charge on any atom is 0.295 e. The molecule has 1 saturated heterocycles. The maximum absolute atomic E-state index is 13.1. The predicted octanol–water partition coefficient (Wildman–Crippen LogP) is 3.46. The van der Waals surface area contributed by atoms with Gasteiger partial charge in [-0.25, -0.2) is 9.29 Å². The Morgan fingerprint density at radius 1 is 1.05 bits per heavy atom. The number of nitrogens with zero attached hydrogens (tertiary/aromatic N) is 1. The van der Waals surface area contributed by atoms with E-state index in [1.54, 1.807) is 36.4 Å². The van der Waals surface area contributed by atoms with Crippen LogP contribution < -0.4 is 10.2 Å². The highest BCUT2D eigenvalue weighted by Crippen LogP contribution is 2.32. The Labute approximate surface area is 124 Å². The van der Waals surface area contributed by atoms with Gasteiger partial charge in [-0.1, -0.05) is 24.3 Å². The van der Waals surface area contributed by atoms with E-state index in [1.165, 1.54) is 12.1 Å². The van der Waals surface area contributed by atoms with E-state index in [2.05, 4.69) is 5.32 Å². The van der Waals surface area contributed by atoms with Crippen LogP contribution in [0, 0.1) is 5.82 Å². The summed E-state index contributed by atoms with van der Waals surface area (Å²) in [7, 11) is 0. The third kappa shape index (κ3) is 2.75. The van der Waals surface area contributed by atoms with Crippen LogP contribution in [0.3, 0.4) is 0 Å². The third-order valence-electron chi connectivity index (χ3n) is 2.98. The molecule has 1 atom stereocenters. The molecule has 0 radical (unpaired) electrons. The van der Waals surface area contributed by atoms with E-state index in [0.717, 1.165) is 16.7 Å². The summed E-state index contributed by atoms with van der Waals surface area (Å²) in [6, 6.07) is 14.5. The Morgan fingerprint density at radius 2 is 1.81 bits per heavy atom. The number of imide groups is 1. The molecule has 1 aliphatic rings. The Balaban J connectivity index is 1.81. The van der Waals surface area contributed by atoms with Crippen LogP contribution in [0.1, 0.15) is 0 Å². The summed E-state index contributed by atoms with van der Waals surface area (Å²) >= 11 is 0.881. The zero-order valence-electron chi connectivity index (χ0n) is 10.8. The first kappa shape index (κ1) is 13.6. The number of anilines is 2. The number of para-hydroxylation sites is 1. The number of hydrogen-bond donors (Lipinski definition) is 1. The molecule has 2 aromatic carbocycles. The number of amides is 2. The number of benzene rings is 2. The van der Waals surface area contributed by atoms with Gasteiger partial charge in [0.2, 0.25) is 0 Å². The lowest BCUT2D eigenvalue weighted by Gasteiger charge is -2.14. The Kier molecular flexibility index (Phi) is 3.62. The number of thioether (sulfide) groups is 1. The average molecular weight is 302 g/mol. The summed E-state index contributed by atoms with van der Waals surface area (Å²) in [5.74, 6) is -0.762. The number of halogens is 1. The van der Waals surface area contributed by atoms with E-state index < -0.39 is 11.2 Å². The molecule has 1 fully saturated rings. The van der Waals surface area contributed by atoms with Crippen molar-refractivity contribution >= 4 is 34.3 Å². The fourth-order valence-electron chi connectivity index (χ4n) is 2.04. The summed E-state index contributed by atoms with van der Waals surface area (Å²) in [4.78, 5) is 25.5. The molecule has 0 spiro atoms. The van der Waals surface area contributed by atoms with Crippen molar-refractivity contribution < 1.29 is 14.0 Å². The van der Waals surface area contributed by atoms with Crippen LogP contribution in [-0.2, 0) is 4.79 Å². The predicted molar refractivity (Wildman–Crippen MR) is 80.7 cm³/mol. The topological polar surface area (TPSA) is 49.4 Å². The summed E-state index contributed by atoms with van der Waals surface area (Å²) < 4.78 is 13.1. The number of carbonyl (C=O) groups is 2. The first-order valence-electron chi connectivity index (χ1n) is 6.27. The summed E-state index contributed by atoms with van der Waals surface area (Å²) in [5.41, 5.74) is 0.993. The lowest BCUT2D eigenvalue weighted by Crippen LogP contribution is -2.34. The van der Waals surface area contributed by atoms with Crippen molar-refractivity contribution in [3.8, 4) is 0 Å². The van der Waals surface area contributed by atoms with E-state index in [4.69, 9.17) is 0 Å². The largest absolute Gasteiger partial charge is 0.365 e. The quantitative estimate of drug-likeness (QED) is 0.943. The number of carbonyl (C=O) groups excluding carboxylic acids is 2. The summed E-state index contributed by atoms with van der Waals surface area (Å²) in [5, 5.41) is 1.77. The van der Waals surface area contributed by atoms with Crippen LogP contribution in [0.5, 0.6) is 0 Å². The third-order valence-corrected chi connectivity index (χ3v) is 3.92. The molecule has 1 aliphatic heterocycles. The van der Waals surface area contributed by atoms with Crippen molar-refractivity contribution in [1.82, 2.24) is 0 Å². The molecule has 6 heteroatoms. The van der Waals surface area contributed by atoms with Gasteiger partial charge in [-0.3, -0.25) is 9.59 Å². The molecular formula is C15H11FN2O2S. The molecule has 106 valence electrons. The number of hydrogen-bond acceptors (Lipinski definition) is 4. The molecule has 0 saturated carbocycles. The first-order chi connectivity index (χ1) is 10.1. The molecule has 1 unspecified atom stereocenters. The summed E-state index contributed by atoms with van der Waals surface area (Å²) in [6.07, 6.45) is 0. The van der Waals surface area contributed by atoms with Gasteiger partial charge in [-0.05, 0) is 42.1 Å². The Bertz CT molecular complexity index is 693. The minimum atomic E-state index is -0.750.